The molecule has 0 fully saturated rings. The molecular formula is C11H23NO. The first kappa shape index (κ1) is 12.5. The average Bonchev–Trinajstić information content (AvgIpc) is 2.04. The van der Waals surface area contributed by atoms with Gasteiger partial charge in [0.25, 0.3) is 0 Å². The number of nitrogens with one attached hydrogen (secondary N) is 1. The minimum absolute atomic E-state index is 0.177. The molecule has 0 rings (SSSR count). The van der Waals surface area contributed by atoms with Gasteiger partial charge in [-0.2, -0.15) is 0 Å². The number of amides is 1. The van der Waals surface area contributed by atoms with E-state index in [-0.39, 0.29) is 11.3 Å². The molecule has 2 heteroatoms. The molecule has 0 aromatic carbocycles. The Morgan fingerprint density at radius 2 is 1.92 bits per heavy atom. The van der Waals surface area contributed by atoms with Crippen LogP contribution in [0.5, 0.6) is 0 Å². The monoisotopic (exact) mass is 185 g/mol. The molecule has 2 nitrogen and oxygen atoms in total. The summed E-state index contributed by atoms with van der Waals surface area (Å²) in [6.07, 6.45) is 2.20. The summed E-state index contributed by atoms with van der Waals surface area (Å²) in [5.41, 5.74) is -0.242. The van der Waals surface area contributed by atoms with E-state index in [9.17, 15) is 4.79 Å². The van der Waals surface area contributed by atoms with Gasteiger partial charge in [0.2, 0.25) is 5.91 Å². The predicted molar refractivity (Wildman–Crippen MR) is 56.5 cm³/mol. The zero-order valence-corrected chi connectivity index (χ0v) is 9.61. The van der Waals surface area contributed by atoms with Gasteiger partial charge in [0.05, 0.1) is 0 Å². The molecular weight excluding hydrogens is 162 g/mol. The van der Waals surface area contributed by atoms with Crippen molar-refractivity contribution in [2.75, 3.05) is 6.54 Å². The smallest absolute Gasteiger partial charge is 0.225 e. The molecule has 0 atom stereocenters. The van der Waals surface area contributed by atoms with Crippen molar-refractivity contribution in [2.45, 2.75) is 47.5 Å². The van der Waals surface area contributed by atoms with Crippen LogP contribution in [0, 0.1) is 11.3 Å². The van der Waals surface area contributed by atoms with Crippen LogP contribution in [0.1, 0.15) is 47.5 Å². The van der Waals surface area contributed by atoms with Crippen molar-refractivity contribution in [3.8, 4) is 0 Å². The zero-order chi connectivity index (χ0) is 10.5. The molecule has 0 aromatic rings. The van der Waals surface area contributed by atoms with Gasteiger partial charge in [0, 0.05) is 12.0 Å². The molecule has 0 radical (unpaired) electrons. The second-order valence-corrected chi connectivity index (χ2v) is 4.49. The van der Waals surface area contributed by atoms with Gasteiger partial charge in [-0.3, -0.25) is 4.79 Å². The van der Waals surface area contributed by atoms with E-state index in [4.69, 9.17) is 0 Å². The van der Waals surface area contributed by atoms with Crippen LogP contribution in [0.4, 0.5) is 0 Å². The van der Waals surface area contributed by atoms with Crippen LogP contribution in [0.15, 0.2) is 0 Å². The molecule has 0 saturated carbocycles. The van der Waals surface area contributed by atoms with Crippen molar-refractivity contribution in [3.05, 3.63) is 0 Å². The highest BCUT2D eigenvalue weighted by Gasteiger charge is 2.30. The SMILES string of the molecule is CCCCNC(=O)C(C)(C)C(C)C. The molecule has 0 bridgehead atoms. The van der Waals surface area contributed by atoms with Crippen LogP contribution < -0.4 is 5.32 Å². The summed E-state index contributed by atoms with van der Waals surface area (Å²) in [4.78, 5) is 11.7. The normalized spacial score (nSPS) is 11.8. The van der Waals surface area contributed by atoms with Gasteiger partial charge in [0.1, 0.15) is 0 Å². The molecule has 0 aliphatic rings. The van der Waals surface area contributed by atoms with E-state index in [1.165, 1.54) is 0 Å². The van der Waals surface area contributed by atoms with Crippen LogP contribution in [0.25, 0.3) is 0 Å². The molecule has 0 heterocycles. The van der Waals surface area contributed by atoms with Crippen molar-refractivity contribution < 1.29 is 4.79 Å². The molecule has 78 valence electrons. The Morgan fingerprint density at radius 3 is 2.31 bits per heavy atom. The van der Waals surface area contributed by atoms with Gasteiger partial charge in [0.15, 0.2) is 0 Å². The second kappa shape index (κ2) is 5.25. The molecule has 0 spiro atoms. The predicted octanol–water partition coefficient (Wildman–Crippen LogP) is 2.58. The minimum atomic E-state index is -0.242. The van der Waals surface area contributed by atoms with E-state index in [0.717, 1.165) is 19.4 Å². The average molecular weight is 185 g/mol. The lowest BCUT2D eigenvalue weighted by Crippen LogP contribution is -2.40. The van der Waals surface area contributed by atoms with Crippen molar-refractivity contribution in [2.24, 2.45) is 11.3 Å². The number of unbranched alkanes of at least 4 members (excludes halogenated alkanes) is 1. The summed E-state index contributed by atoms with van der Waals surface area (Å²) in [6, 6.07) is 0. The van der Waals surface area contributed by atoms with Gasteiger partial charge >= 0.3 is 0 Å². The van der Waals surface area contributed by atoms with E-state index in [1.54, 1.807) is 0 Å². The van der Waals surface area contributed by atoms with Gasteiger partial charge in [-0.1, -0.05) is 41.0 Å². The van der Waals surface area contributed by atoms with E-state index >= 15 is 0 Å². The highest BCUT2D eigenvalue weighted by Crippen LogP contribution is 2.25. The van der Waals surface area contributed by atoms with Crippen molar-refractivity contribution in [3.63, 3.8) is 0 Å². The van der Waals surface area contributed by atoms with Gasteiger partial charge in [-0.05, 0) is 12.3 Å². The molecule has 0 unspecified atom stereocenters. The Bertz CT molecular complexity index is 161. The highest BCUT2D eigenvalue weighted by molar-refractivity contribution is 5.81. The largest absolute Gasteiger partial charge is 0.356 e. The zero-order valence-electron chi connectivity index (χ0n) is 9.61. The molecule has 1 amide bonds. The Labute approximate surface area is 82.1 Å². The van der Waals surface area contributed by atoms with Crippen LogP contribution in [0.2, 0.25) is 0 Å². The number of hydrogen-bond acceptors (Lipinski definition) is 1. The second-order valence-electron chi connectivity index (χ2n) is 4.49. The van der Waals surface area contributed by atoms with Gasteiger partial charge < -0.3 is 5.32 Å². The minimum Gasteiger partial charge on any atom is -0.356 e. The Hall–Kier alpha value is -0.530. The van der Waals surface area contributed by atoms with Crippen molar-refractivity contribution >= 4 is 5.91 Å². The number of carbonyl (C=O) groups excluding carboxylic acids is 1. The maximum absolute atomic E-state index is 11.7. The third-order valence-electron chi connectivity index (χ3n) is 2.84. The standard InChI is InChI=1S/C11H23NO/c1-6-7-8-12-10(13)11(4,5)9(2)3/h9H,6-8H2,1-5H3,(H,12,13). The van der Waals surface area contributed by atoms with E-state index in [0.29, 0.717) is 5.92 Å². The number of carbonyl (C=O) groups is 1. The Balaban J connectivity index is 3.95. The molecule has 0 saturated heterocycles. The Morgan fingerprint density at radius 1 is 1.38 bits per heavy atom. The van der Waals surface area contributed by atoms with Gasteiger partial charge in [-0.25, -0.2) is 0 Å². The summed E-state index contributed by atoms with van der Waals surface area (Å²) in [7, 11) is 0. The third kappa shape index (κ3) is 3.79. The summed E-state index contributed by atoms with van der Waals surface area (Å²) < 4.78 is 0. The first-order chi connectivity index (χ1) is 5.92. The number of hydrogen-bond donors (Lipinski definition) is 1. The van der Waals surface area contributed by atoms with E-state index < -0.39 is 0 Å². The Kier molecular flexibility index (Phi) is 5.04. The lowest BCUT2D eigenvalue weighted by Gasteiger charge is -2.27. The summed E-state index contributed by atoms with van der Waals surface area (Å²) in [5, 5.41) is 2.97. The van der Waals surface area contributed by atoms with Crippen molar-refractivity contribution in [1.29, 1.82) is 0 Å². The van der Waals surface area contributed by atoms with E-state index in [1.807, 2.05) is 13.8 Å². The summed E-state index contributed by atoms with van der Waals surface area (Å²) in [5.74, 6) is 0.560. The van der Waals surface area contributed by atoms with Crippen LogP contribution >= 0.6 is 0 Å². The molecule has 0 aliphatic heterocycles. The maximum Gasteiger partial charge on any atom is 0.225 e. The topological polar surface area (TPSA) is 29.1 Å². The van der Waals surface area contributed by atoms with E-state index in [2.05, 4.69) is 26.1 Å². The summed E-state index contributed by atoms with van der Waals surface area (Å²) >= 11 is 0. The van der Waals surface area contributed by atoms with Crippen LogP contribution in [-0.4, -0.2) is 12.5 Å². The molecule has 1 N–H and O–H groups in total. The molecule has 13 heavy (non-hydrogen) atoms. The van der Waals surface area contributed by atoms with Crippen LogP contribution in [0.3, 0.4) is 0 Å². The lowest BCUT2D eigenvalue weighted by molar-refractivity contribution is -0.131. The fourth-order valence-electron chi connectivity index (χ4n) is 0.869. The first-order valence-electron chi connectivity index (χ1n) is 5.21. The third-order valence-corrected chi connectivity index (χ3v) is 2.84. The van der Waals surface area contributed by atoms with Gasteiger partial charge in [-0.15, -0.1) is 0 Å². The summed E-state index contributed by atoms with van der Waals surface area (Å²) in [6.45, 7) is 11.1. The maximum atomic E-state index is 11.7. The van der Waals surface area contributed by atoms with Crippen LogP contribution in [-0.2, 0) is 4.79 Å². The molecule has 0 aliphatic carbocycles. The first-order valence-corrected chi connectivity index (χ1v) is 5.21. The van der Waals surface area contributed by atoms with Crippen molar-refractivity contribution in [1.82, 2.24) is 5.32 Å². The molecule has 0 aromatic heterocycles. The lowest BCUT2D eigenvalue weighted by atomic mass is 9.80. The number of rotatable bonds is 5. The fourth-order valence-corrected chi connectivity index (χ4v) is 0.869. The highest BCUT2D eigenvalue weighted by atomic mass is 16.2. The quantitative estimate of drug-likeness (QED) is 0.655. The fraction of sp³-hybridized carbons (Fsp3) is 0.909.